The van der Waals surface area contributed by atoms with E-state index < -0.39 is 20.6 Å². The Morgan fingerprint density at radius 1 is 1.35 bits per heavy atom. The van der Waals surface area contributed by atoms with Crippen molar-refractivity contribution < 1.29 is 13.3 Å². The Bertz CT molecular complexity index is 614. The minimum absolute atomic E-state index is 0.0255. The fraction of sp³-hybridized carbons (Fsp3) is 0.400. The topological polar surface area (TPSA) is 119 Å². The standard InChI is InChI=1S/C10H14N4O4S2/c11-12-8-2-1-3-9(10(8)14(15)16)20(17,18)13-4-6-19-7-5-13/h1-3,12H,4-7,11H2. The molecule has 1 aromatic carbocycles. The molecule has 0 atom stereocenters. The Morgan fingerprint density at radius 2 is 2.00 bits per heavy atom. The number of nitrogens with two attached hydrogens (primary N) is 1. The first kappa shape index (κ1) is 15.0. The van der Waals surface area contributed by atoms with Crippen LogP contribution in [0.5, 0.6) is 0 Å². The predicted molar refractivity (Wildman–Crippen MR) is 77.0 cm³/mol. The first-order valence-electron chi connectivity index (χ1n) is 5.80. The number of hydrogen-bond donors (Lipinski definition) is 2. The summed E-state index contributed by atoms with van der Waals surface area (Å²) in [6.45, 7) is 0.703. The number of nitrogen functional groups attached to an aromatic ring is 1. The molecule has 3 N–H and O–H groups in total. The van der Waals surface area contributed by atoms with E-state index in [2.05, 4.69) is 5.43 Å². The number of para-hydroxylation sites is 1. The second kappa shape index (κ2) is 5.95. The van der Waals surface area contributed by atoms with E-state index >= 15 is 0 Å². The van der Waals surface area contributed by atoms with Crippen LogP contribution >= 0.6 is 11.8 Å². The molecule has 1 heterocycles. The fourth-order valence-electron chi connectivity index (χ4n) is 1.96. The van der Waals surface area contributed by atoms with Crippen molar-refractivity contribution >= 4 is 33.2 Å². The van der Waals surface area contributed by atoms with Crippen LogP contribution in [0.1, 0.15) is 0 Å². The highest BCUT2D eigenvalue weighted by molar-refractivity contribution is 7.99. The summed E-state index contributed by atoms with van der Waals surface area (Å²) >= 11 is 1.66. The molecule has 1 saturated heterocycles. The normalized spacial score (nSPS) is 16.9. The number of nitro benzene ring substituents is 1. The Hall–Kier alpha value is -1.36. The van der Waals surface area contributed by atoms with Crippen LogP contribution in [-0.4, -0.2) is 42.2 Å². The van der Waals surface area contributed by atoms with Crippen LogP contribution in [-0.2, 0) is 10.0 Å². The highest BCUT2D eigenvalue weighted by Crippen LogP contribution is 2.33. The summed E-state index contributed by atoms with van der Waals surface area (Å²) in [4.78, 5) is 10.1. The summed E-state index contributed by atoms with van der Waals surface area (Å²) in [7, 11) is -3.89. The maximum Gasteiger partial charge on any atom is 0.313 e. The Balaban J connectivity index is 2.53. The van der Waals surface area contributed by atoms with Crippen LogP contribution in [0.4, 0.5) is 11.4 Å². The van der Waals surface area contributed by atoms with E-state index in [0.717, 1.165) is 0 Å². The van der Waals surface area contributed by atoms with Crippen molar-refractivity contribution in [3.63, 3.8) is 0 Å². The molecule has 8 nitrogen and oxygen atoms in total. The zero-order valence-corrected chi connectivity index (χ0v) is 12.1. The quantitative estimate of drug-likeness (QED) is 0.474. The number of sulfonamides is 1. The van der Waals surface area contributed by atoms with Crippen LogP contribution in [0.2, 0.25) is 0 Å². The predicted octanol–water partition coefficient (Wildman–Crippen LogP) is 0.618. The number of rotatable bonds is 4. The van der Waals surface area contributed by atoms with Gasteiger partial charge in [0, 0.05) is 24.6 Å². The number of hydrazine groups is 1. The van der Waals surface area contributed by atoms with Crippen LogP contribution in [0, 0.1) is 10.1 Å². The fourth-order valence-corrected chi connectivity index (χ4v) is 4.72. The molecule has 1 aromatic rings. The Kier molecular flexibility index (Phi) is 4.48. The summed E-state index contributed by atoms with van der Waals surface area (Å²) in [6.07, 6.45) is 0. The van der Waals surface area contributed by atoms with Gasteiger partial charge in [0.1, 0.15) is 5.69 Å². The lowest BCUT2D eigenvalue weighted by molar-refractivity contribution is -0.386. The zero-order valence-electron chi connectivity index (χ0n) is 10.5. The summed E-state index contributed by atoms with van der Waals surface area (Å²) in [5, 5.41) is 11.2. The second-order valence-corrected chi connectivity index (χ2v) is 7.20. The minimum atomic E-state index is -3.89. The zero-order chi connectivity index (χ0) is 14.8. The van der Waals surface area contributed by atoms with E-state index in [0.29, 0.717) is 24.6 Å². The van der Waals surface area contributed by atoms with Crippen LogP contribution in [0.3, 0.4) is 0 Å². The van der Waals surface area contributed by atoms with Crippen LogP contribution in [0.25, 0.3) is 0 Å². The van der Waals surface area contributed by atoms with E-state index in [9.17, 15) is 18.5 Å². The molecule has 0 spiro atoms. The lowest BCUT2D eigenvalue weighted by Crippen LogP contribution is -2.38. The number of hydrogen-bond acceptors (Lipinski definition) is 7. The van der Waals surface area contributed by atoms with Gasteiger partial charge in [-0.25, -0.2) is 8.42 Å². The van der Waals surface area contributed by atoms with Gasteiger partial charge in [0.15, 0.2) is 4.90 Å². The largest absolute Gasteiger partial charge is 0.318 e. The maximum absolute atomic E-state index is 12.5. The summed E-state index contributed by atoms with van der Waals surface area (Å²) in [5.74, 6) is 6.58. The number of nitro groups is 1. The molecule has 1 fully saturated rings. The molecule has 0 radical (unpaired) electrons. The number of anilines is 1. The minimum Gasteiger partial charge on any atom is -0.318 e. The van der Waals surface area contributed by atoms with E-state index in [-0.39, 0.29) is 10.6 Å². The lowest BCUT2D eigenvalue weighted by atomic mass is 10.3. The summed E-state index contributed by atoms with van der Waals surface area (Å²) in [6, 6.07) is 4.02. The van der Waals surface area contributed by atoms with Crippen molar-refractivity contribution in [2.75, 3.05) is 30.0 Å². The first-order chi connectivity index (χ1) is 9.48. The van der Waals surface area contributed by atoms with Gasteiger partial charge < -0.3 is 5.43 Å². The third-order valence-electron chi connectivity index (χ3n) is 2.92. The molecule has 0 aromatic heterocycles. The summed E-state index contributed by atoms with van der Waals surface area (Å²) < 4.78 is 26.3. The third kappa shape index (κ3) is 2.73. The molecule has 2 rings (SSSR count). The van der Waals surface area contributed by atoms with E-state index in [1.165, 1.54) is 22.5 Å². The van der Waals surface area contributed by atoms with Crippen molar-refractivity contribution in [2.24, 2.45) is 5.84 Å². The van der Waals surface area contributed by atoms with Crippen molar-refractivity contribution in [3.05, 3.63) is 28.3 Å². The average Bonchev–Trinajstić information content (AvgIpc) is 2.47. The van der Waals surface area contributed by atoms with Gasteiger partial charge in [-0.2, -0.15) is 16.1 Å². The van der Waals surface area contributed by atoms with Gasteiger partial charge >= 0.3 is 5.69 Å². The Labute approximate surface area is 120 Å². The van der Waals surface area contributed by atoms with Crippen molar-refractivity contribution in [1.29, 1.82) is 0 Å². The number of nitrogens with zero attached hydrogens (tertiary/aromatic N) is 2. The highest BCUT2D eigenvalue weighted by atomic mass is 32.2. The van der Waals surface area contributed by atoms with Gasteiger partial charge in [-0.15, -0.1) is 0 Å². The van der Waals surface area contributed by atoms with Crippen LogP contribution < -0.4 is 11.3 Å². The molecule has 110 valence electrons. The molecule has 0 unspecified atom stereocenters. The van der Waals surface area contributed by atoms with Gasteiger partial charge in [-0.3, -0.25) is 16.0 Å². The average molecular weight is 318 g/mol. The molecule has 0 amide bonds. The molecular weight excluding hydrogens is 304 g/mol. The molecule has 0 saturated carbocycles. The first-order valence-corrected chi connectivity index (χ1v) is 8.40. The second-order valence-electron chi connectivity index (χ2n) is 4.07. The molecule has 20 heavy (non-hydrogen) atoms. The van der Waals surface area contributed by atoms with Crippen LogP contribution in [0.15, 0.2) is 23.1 Å². The van der Waals surface area contributed by atoms with Gasteiger partial charge in [-0.05, 0) is 12.1 Å². The highest BCUT2D eigenvalue weighted by Gasteiger charge is 2.34. The van der Waals surface area contributed by atoms with Gasteiger partial charge in [0.2, 0.25) is 10.0 Å². The molecular formula is C10H14N4O4S2. The molecule has 1 aliphatic rings. The van der Waals surface area contributed by atoms with Crippen molar-refractivity contribution in [2.45, 2.75) is 4.90 Å². The molecule has 1 aliphatic heterocycles. The van der Waals surface area contributed by atoms with Crippen molar-refractivity contribution in [1.82, 2.24) is 4.31 Å². The van der Waals surface area contributed by atoms with Gasteiger partial charge in [0.05, 0.1) is 4.92 Å². The van der Waals surface area contributed by atoms with Gasteiger partial charge in [0.25, 0.3) is 0 Å². The maximum atomic E-state index is 12.5. The van der Waals surface area contributed by atoms with E-state index in [4.69, 9.17) is 5.84 Å². The smallest absolute Gasteiger partial charge is 0.313 e. The summed E-state index contributed by atoms with van der Waals surface area (Å²) in [5.41, 5.74) is 1.62. The molecule has 0 aliphatic carbocycles. The molecule has 10 heteroatoms. The van der Waals surface area contributed by atoms with Gasteiger partial charge in [-0.1, -0.05) is 6.07 Å². The third-order valence-corrected chi connectivity index (χ3v) is 5.80. The van der Waals surface area contributed by atoms with Crippen molar-refractivity contribution in [3.8, 4) is 0 Å². The molecule has 0 bridgehead atoms. The number of benzene rings is 1. The Morgan fingerprint density at radius 3 is 2.55 bits per heavy atom. The number of thioether (sulfide) groups is 1. The van der Waals surface area contributed by atoms with E-state index in [1.807, 2.05) is 0 Å². The lowest BCUT2D eigenvalue weighted by Gasteiger charge is -2.25. The number of nitrogens with one attached hydrogen (secondary N) is 1. The SMILES string of the molecule is NNc1cccc(S(=O)(=O)N2CCSCC2)c1[N+](=O)[O-]. The monoisotopic (exact) mass is 318 g/mol. The van der Waals surface area contributed by atoms with E-state index in [1.54, 1.807) is 11.8 Å².